The lowest BCUT2D eigenvalue weighted by atomic mass is 10.1. The minimum Gasteiger partial charge on any atom is -0.489 e. The molecule has 0 bridgehead atoms. The molecular formula is C23H16ClN3O4. The first-order valence-electron chi connectivity index (χ1n) is 9.09. The van der Waals surface area contributed by atoms with Crippen molar-refractivity contribution >= 4 is 35.0 Å². The number of amides is 1. The zero-order valence-electron chi connectivity index (χ0n) is 16.1. The minimum atomic E-state index is -0.612. The van der Waals surface area contributed by atoms with Crippen molar-refractivity contribution in [2.24, 2.45) is 0 Å². The molecule has 0 unspecified atom stereocenters. The van der Waals surface area contributed by atoms with Gasteiger partial charge >= 0.3 is 0 Å². The predicted molar refractivity (Wildman–Crippen MR) is 118 cm³/mol. The Morgan fingerprint density at radius 3 is 2.29 bits per heavy atom. The minimum absolute atomic E-state index is 0.0904. The monoisotopic (exact) mass is 433 g/mol. The van der Waals surface area contributed by atoms with Crippen molar-refractivity contribution in [3.8, 4) is 11.8 Å². The zero-order chi connectivity index (χ0) is 22.2. The third-order valence-electron chi connectivity index (χ3n) is 4.21. The Hall–Kier alpha value is -4.15. The van der Waals surface area contributed by atoms with Crippen LogP contribution in [0, 0.1) is 21.4 Å². The van der Waals surface area contributed by atoms with E-state index < -0.39 is 10.8 Å². The lowest BCUT2D eigenvalue weighted by molar-refractivity contribution is -0.384. The fraction of sp³-hybridized carbons (Fsp3) is 0.0435. The second-order valence-electron chi connectivity index (χ2n) is 6.41. The Morgan fingerprint density at radius 2 is 1.71 bits per heavy atom. The number of hydrogen-bond donors (Lipinski definition) is 1. The second-order valence-corrected chi connectivity index (χ2v) is 6.85. The molecule has 7 nitrogen and oxygen atoms in total. The molecule has 3 aromatic rings. The molecule has 154 valence electrons. The molecule has 0 saturated heterocycles. The van der Waals surface area contributed by atoms with Crippen LogP contribution in [-0.4, -0.2) is 10.8 Å². The van der Waals surface area contributed by atoms with Crippen LogP contribution in [0.5, 0.6) is 5.75 Å². The van der Waals surface area contributed by atoms with Crippen LogP contribution in [-0.2, 0) is 11.4 Å². The van der Waals surface area contributed by atoms with Crippen LogP contribution in [0.3, 0.4) is 0 Å². The van der Waals surface area contributed by atoms with Crippen LogP contribution in [0.2, 0.25) is 5.02 Å². The average Bonchev–Trinajstić information content (AvgIpc) is 2.78. The topological polar surface area (TPSA) is 105 Å². The van der Waals surface area contributed by atoms with Crippen molar-refractivity contribution in [1.29, 1.82) is 5.26 Å². The lowest BCUT2D eigenvalue weighted by Crippen LogP contribution is -2.13. The molecule has 1 amide bonds. The van der Waals surface area contributed by atoms with Gasteiger partial charge in [0.2, 0.25) is 0 Å². The van der Waals surface area contributed by atoms with E-state index in [1.165, 1.54) is 30.3 Å². The van der Waals surface area contributed by atoms with Gasteiger partial charge in [-0.15, -0.1) is 0 Å². The molecule has 31 heavy (non-hydrogen) atoms. The van der Waals surface area contributed by atoms with Gasteiger partial charge in [0.15, 0.2) is 0 Å². The molecular weight excluding hydrogens is 418 g/mol. The highest BCUT2D eigenvalue weighted by atomic mass is 35.5. The van der Waals surface area contributed by atoms with Gasteiger partial charge < -0.3 is 10.1 Å². The van der Waals surface area contributed by atoms with E-state index in [1.54, 1.807) is 36.4 Å². The molecule has 0 aliphatic heterocycles. The van der Waals surface area contributed by atoms with Gasteiger partial charge in [-0.05, 0) is 53.6 Å². The van der Waals surface area contributed by atoms with E-state index in [9.17, 15) is 20.2 Å². The maximum absolute atomic E-state index is 12.3. The van der Waals surface area contributed by atoms with Crippen LogP contribution >= 0.6 is 11.6 Å². The number of nitriles is 1. The summed E-state index contributed by atoms with van der Waals surface area (Å²) in [4.78, 5) is 22.5. The van der Waals surface area contributed by atoms with Crippen molar-refractivity contribution in [3.63, 3.8) is 0 Å². The molecule has 0 aromatic heterocycles. The Morgan fingerprint density at radius 1 is 1.06 bits per heavy atom. The van der Waals surface area contributed by atoms with Gasteiger partial charge in [-0.25, -0.2) is 0 Å². The molecule has 1 N–H and O–H groups in total. The molecule has 0 atom stereocenters. The summed E-state index contributed by atoms with van der Waals surface area (Å²) in [7, 11) is 0. The first kappa shape index (κ1) is 21.6. The van der Waals surface area contributed by atoms with Gasteiger partial charge in [-0.1, -0.05) is 35.9 Å². The fourth-order valence-corrected chi connectivity index (χ4v) is 2.71. The number of nitrogens with zero attached hydrogens (tertiary/aromatic N) is 2. The first-order chi connectivity index (χ1) is 14.9. The van der Waals surface area contributed by atoms with E-state index in [2.05, 4.69) is 5.32 Å². The van der Waals surface area contributed by atoms with Crippen LogP contribution in [0.4, 0.5) is 11.4 Å². The van der Waals surface area contributed by atoms with E-state index in [1.807, 2.05) is 18.2 Å². The van der Waals surface area contributed by atoms with Gasteiger partial charge in [-0.2, -0.15) is 5.26 Å². The highest BCUT2D eigenvalue weighted by molar-refractivity contribution is 6.30. The highest BCUT2D eigenvalue weighted by Crippen LogP contribution is 2.19. The summed E-state index contributed by atoms with van der Waals surface area (Å²) in [6, 6.07) is 21.5. The van der Waals surface area contributed by atoms with Crippen molar-refractivity contribution in [1.82, 2.24) is 0 Å². The molecule has 0 fully saturated rings. The molecule has 8 heteroatoms. The standard InChI is InChI=1S/C23H16ClN3O4/c24-19-5-1-17(2-6-19)15-31-22-11-3-16(4-12-22)13-18(14-25)23(28)26-20-7-9-21(10-8-20)27(29)30/h1-13H,15H2,(H,26,28)/b18-13-. The molecule has 3 rings (SSSR count). The van der Waals surface area contributed by atoms with Crippen molar-refractivity contribution in [3.05, 3.63) is 105 Å². The Balaban J connectivity index is 1.63. The summed E-state index contributed by atoms with van der Waals surface area (Å²) < 4.78 is 5.72. The zero-order valence-corrected chi connectivity index (χ0v) is 16.9. The summed E-state index contributed by atoms with van der Waals surface area (Å²) in [6.45, 7) is 0.382. The maximum atomic E-state index is 12.3. The van der Waals surface area contributed by atoms with Gasteiger partial charge in [-0.3, -0.25) is 14.9 Å². The number of nitro groups is 1. The number of carbonyl (C=O) groups is 1. The Kier molecular flexibility index (Phi) is 6.99. The van der Waals surface area contributed by atoms with Crippen molar-refractivity contribution < 1.29 is 14.5 Å². The number of anilines is 1. The van der Waals surface area contributed by atoms with E-state index in [-0.39, 0.29) is 11.3 Å². The van der Waals surface area contributed by atoms with Crippen molar-refractivity contribution in [2.45, 2.75) is 6.61 Å². The molecule has 3 aromatic carbocycles. The summed E-state index contributed by atoms with van der Waals surface area (Å²) in [6.07, 6.45) is 1.45. The second kappa shape index (κ2) is 10.1. The molecule has 0 heterocycles. The number of hydrogen-bond acceptors (Lipinski definition) is 5. The van der Waals surface area contributed by atoms with Crippen LogP contribution in [0.25, 0.3) is 6.08 Å². The number of rotatable bonds is 7. The smallest absolute Gasteiger partial charge is 0.269 e. The summed E-state index contributed by atoms with van der Waals surface area (Å²) in [5, 5.41) is 23.2. The highest BCUT2D eigenvalue weighted by Gasteiger charge is 2.11. The molecule has 0 aliphatic carbocycles. The number of halogens is 1. The summed E-state index contributed by atoms with van der Waals surface area (Å²) in [5.74, 6) is 0.0281. The predicted octanol–water partition coefficient (Wildman–Crippen LogP) is 5.37. The van der Waals surface area contributed by atoms with Crippen LogP contribution in [0.15, 0.2) is 78.4 Å². The van der Waals surface area contributed by atoms with E-state index in [4.69, 9.17) is 16.3 Å². The van der Waals surface area contributed by atoms with E-state index in [0.29, 0.717) is 28.6 Å². The van der Waals surface area contributed by atoms with E-state index in [0.717, 1.165) is 5.56 Å². The van der Waals surface area contributed by atoms with Gasteiger partial charge in [0.05, 0.1) is 4.92 Å². The van der Waals surface area contributed by atoms with Gasteiger partial charge in [0, 0.05) is 22.8 Å². The van der Waals surface area contributed by atoms with Crippen molar-refractivity contribution in [2.75, 3.05) is 5.32 Å². The number of nitrogens with one attached hydrogen (secondary N) is 1. The third-order valence-corrected chi connectivity index (χ3v) is 4.46. The summed E-state index contributed by atoms with van der Waals surface area (Å²) in [5.41, 5.74) is 1.78. The maximum Gasteiger partial charge on any atom is 0.269 e. The lowest BCUT2D eigenvalue weighted by Gasteiger charge is -2.07. The number of carbonyl (C=O) groups excluding carboxylic acids is 1. The molecule has 0 saturated carbocycles. The van der Waals surface area contributed by atoms with E-state index >= 15 is 0 Å². The largest absolute Gasteiger partial charge is 0.489 e. The molecule has 0 spiro atoms. The normalized spacial score (nSPS) is 10.8. The van der Waals surface area contributed by atoms with Gasteiger partial charge in [0.25, 0.3) is 11.6 Å². The average molecular weight is 434 g/mol. The SMILES string of the molecule is N#C/C(=C/c1ccc(OCc2ccc(Cl)cc2)cc1)C(=O)Nc1ccc([N+](=O)[O-])cc1. The third kappa shape index (κ3) is 6.16. The Labute approximate surface area is 183 Å². The van der Waals surface area contributed by atoms with Gasteiger partial charge in [0.1, 0.15) is 24.0 Å². The quantitative estimate of drug-likeness (QED) is 0.233. The molecule has 0 aliphatic rings. The summed E-state index contributed by atoms with van der Waals surface area (Å²) >= 11 is 5.86. The fourth-order valence-electron chi connectivity index (χ4n) is 2.59. The first-order valence-corrected chi connectivity index (χ1v) is 9.47. The Bertz CT molecular complexity index is 1150. The number of nitro benzene ring substituents is 1. The number of ether oxygens (including phenoxy) is 1. The van der Waals surface area contributed by atoms with Crippen LogP contribution < -0.4 is 10.1 Å². The number of benzene rings is 3. The molecule has 0 radical (unpaired) electrons. The van der Waals surface area contributed by atoms with Crippen LogP contribution in [0.1, 0.15) is 11.1 Å². The number of non-ortho nitro benzene ring substituents is 1.